The van der Waals surface area contributed by atoms with Gasteiger partial charge >= 0.3 is 0 Å². The zero-order valence-electron chi connectivity index (χ0n) is 12.2. The third-order valence-corrected chi connectivity index (χ3v) is 4.54. The van der Waals surface area contributed by atoms with Crippen molar-refractivity contribution in [3.05, 3.63) is 35.0 Å². The van der Waals surface area contributed by atoms with E-state index in [-0.39, 0.29) is 0 Å². The Morgan fingerprint density at radius 1 is 1.16 bits per heavy atom. The number of aryl methyl sites for hydroxylation is 1. The fraction of sp³-hybridized carbons (Fsp3) is 0.529. The van der Waals surface area contributed by atoms with Crippen molar-refractivity contribution in [2.75, 3.05) is 13.1 Å². The molecule has 2 heterocycles. The average Bonchev–Trinajstić information content (AvgIpc) is 2.77. The lowest BCUT2D eigenvalue weighted by Crippen LogP contribution is -2.27. The summed E-state index contributed by atoms with van der Waals surface area (Å²) in [7, 11) is 0. The van der Waals surface area contributed by atoms with Crippen LogP contribution < -0.4 is 5.32 Å². The molecule has 0 bridgehead atoms. The van der Waals surface area contributed by atoms with Gasteiger partial charge in [-0.3, -0.25) is 0 Å². The molecule has 1 saturated heterocycles. The van der Waals surface area contributed by atoms with Gasteiger partial charge in [0.05, 0.1) is 0 Å². The van der Waals surface area contributed by atoms with Crippen molar-refractivity contribution in [1.29, 1.82) is 0 Å². The van der Waals surface area contributed by atoms with Crippen LogP contribution in [0.25, 0.3) is 10.9 Å². The maximum absolute atomic E-state index is 3.67. The van der Waals surface area contributed by atoms with E-state index in [1.54, 1.807) is 0 Å². The highest BCUT2D eigenvalue weighted by Gasteiger charge is 2.20. The van der Waals surface area contributed by atoms with Crippen LogP contribution >= 0.6 is 0 Å². The Hall–Kier alpha value is -1.28. The molecule has 0 aliphatic carbocycles. The van der Waals surface area contributed by atoms with Crippen LogP contribution in [0, 0.1) is 6.92 Å². The van der Waals surface area contributed by atoms with Gasteiger partial charge in [0.1, 0.15) is 0 Å². The Morgan fingerprint density at radius 2 is 1.89 bits per heavy atom. The number of hydrogen-bond acceptors (Lipinski definition) is 1. The lowest BCUT2D eigenvalue weighted by atomic mass is 9.92. The lowest BCUT2D eigenvalue weighted by Gasteiger charge is -2.22. The molecule has 0 unspecified atom stereocenters. The zero-order valence-corrected chi connectivity index (χ0v) is 12.2. The van der Waals surface area contributed by atoms with E-state index in [2.05, 4.69) is 49.3 Å². The molecule has 2 nitrogen and oxygen atoms in total. The highest BCUT2D eigenvalue weighted by atomic mass is 14.9. The number of H-pyrrole nitrogens is 1. The fourth-order valence-corrected chi connectivity index (χ4v) is 3.24. The first kappa shape index (κ1) is 12.7. The van der Waals surface area contributed by atoms with Gasteiger partial charge in [-0.15, -0.1) is 0 Å². The molecule has 1 aromatic carbocycles. The van der Waals surface area contributed by atoms with E-state index in [9.17, 15) is 0 Å². The lowest BCUT2D eigenvalue weighted by molar-refractivity contribution is 0.454. The van der Waals surface area contributed by atoms with Gasteiger partial charge < -0.3 is 10.3 Å². The minimum atomic E-state index is 0.598. The molecule has 1 aliphatic heterocycles. The van der Waals surface area contributed by atoms with Crippen LogP contribution in [0.15, 0.2) is 18.2 Å². The standard InChI is InChI=1S/C17H24N2/c1-11(2)14-4-5-16-15(10-14)12(3)17(19-16)13-6-8-18-9-7-13/h4-5,10-11,13,18-19H,6-9H2,1-3H3. The molecule has 19 heavy (non-hydrogen) atoms. The van der Waals surface area contributed by atoms with Crippen LogP contribution in [-0.2, 0) is 0 Å². The first-order valence-corrected chi connectivity index (χ1v) is 7.49. The second kappa shape index (κ2) is 5.01. The number of aromatic nitrogens is 1. The summed E-state index contributed by atoms with van der Waals surface area (Å²) in [5.41, 5.74) is 5.67. The van der Waals surface area contributed by atoms with Gasteiger partial charge in [0.2, 0.25) is 0 Å². The van der Waals surface area contributed by atoms with E-state index in [1.165, 1.54) is 40.6 Å². The molecule has 2 aromatic rings. The molecular weight excluding hydrogens is 232 g/mol. The molecule has 3 rings (SSSR count). The number of aromatic amines is 1. The molecule has 102 valence electrons. The van der Waals surface area contributed by atoms with Gasteiger partial charge in [0.25, 0.3) is 0 Å². The van der Waals surface area contributed by atoms with Crippen molar-refractivity contribution in [2.24, 2.45) is 0 Å². The maximum atomic E-state index is 3.67. The molecule has 0 atom stereocenters. The Balaban J connectivity index is 2.04. The summed E-state index contributed by atoms with van der Waals surface area (Å²) in [5.74, 6) is 1.30. The predicted octanol–water partition coefficient (Wildman–Crippen LogP) is 4.07. The molecule has 1 aliphatic rings. The summed E-state index contributed by atoms with van der Waals surface area (Å²) in [5, 5.41) is 4.86. The summed E-state index contributed by atoms with van der Waals surface area (Å²) in [6, 6.07) is 6.88. The van der Waals surface area contributed by atoms with Crippen LogP contribution in [0.3, 0.4) is 0 Å². The number of rotatable bonds is 2. The van der Waals surface area contributed by atoms with E-state index < -0.39 is 0 Å². The molecule has 0 spiro atoms. The average molecular weight is 256 g/mol. The minimum absolute atomic E-state index is 0.598. The molecule has 2 N–H and O–H groups in total. The summed E-state index contributed by atoms with van der Waals surface area (Å²) in [6.45, 7) is 9.10. The van der Waals surface area contributed by atoms with Crippen molar-refractivity contribution in [3.63, 3.8) is 0 Å². The molecule has 0 saturated carbocycles. The number of fused-ring (bicyclic) bond motifs is 1. The Bertz CT molecular complexity index is 574. The van der Waals surface area contributed by atoms with Gasteiger partial charge in [-0.25, -0.2) is 0 Å². The summed E-state index contributed by atoms with van der Waals surface area (Å²) >= 11 is 0. The first-order valence-electron chi connectivity index (χ1n) is 7.49. The topological polar surface area (TPSA) is 27.8 Å². The van der Waals surface area contributed by atoms with Crippen LogP contribution in [0.5, 0.6) is 0 Å². The van der Waals surface area contributed by atoms with Gasteiger partial charge in [-0.05, 0) is 62.0 Å². The zero-order chi connectivity index (χ0) is 13.4. The third kappa shape index (κ3) is 2.30. The van der Waals surface area contributed by atoms with E-state index in [1.807, 2.05) is 0 Å². The molecule has 2 heteroatoms. The van der Waals surface area contributed by atoms with Crippen molar-refractivity contribution < 1.29 is 0 Å². The maximum Gasteiger partial charge on any atom is 0.0459 e. The van der Waals surface area contributed by atoms with Crippen molar-refractivity contribution in [1.82, 2.24) is 10.3 Å². The highest BCUT2D eigenvalue weighted by Crippen LogP contribution is 2.33. The van der Waals surface area contributed by atoms with Crippen molar-refractivity contribution in [3.8, 4) is 0 Å². The van der Waals surface area contributed by atoms with Crippen LogP contribution in [-0.4, -0.2) is 18.1 Å². The number of hydrogen-bond donors (Lipinski definition) is 2. The summed E-state index contributed by atoms with van der Waals surface area (Å²) in [4.78, 5) is 3.67. The smallest absolute Gasteiger partial charge is 0.0459 e. The number of benzene rings is 1. The Kier molecular flexibility index (Phi) is 3.36. The third-order valence-electron chi connectivity index (χ3n) is 4.54. The molecule has 0 amide bonds. The Labute approximate surface area is 115 Å². The van der Waals surface area contributed by atoms with Crippen LogP contribution in [0.2, 0.25) is 0 Å². The fourth-order valence-electron chi connectivity index (χ4n) is 3.24. The summed E-state index contributed by atoms with van der Waals surface area (Å²) in [6.07, 6.45) is 2.51. The van der Waals surface area contributed by atoms with E-state index >= 15 is 0 Å². The van der Waals surface area contributed by atoms with Crippen molar-refractivity contribution in [2.45, 2.75) is 45.4 Å². The second-order valence-electron chi connectivity index (χ2n) is 6.15. The molecule has 0 radical (unpaired) electrons. The van der Waals surface area contributed by atoms with Gasteiger partial charge in [0, 0.05) is 22.5 Å². The van der Waals surface area contributed by atoms with Crippen molar-refractivity contribution >= 4 is 10.9 Å². The van der Waals surface area contributed by atoms with E-state index in [0.29, 0.717) is 11.8 Å². The minimum Gasteiger partial charge on any atom is -0.358 e. The number of nitrogens with one attached hydrogen (secondary N) is 2. The first-order chi connectivity index (χ1) is 9.16. The monoisotopic (exact) mass is 256 g/mol. The predicted molar refractivity (Wildman–Crippen MR) is 82.0 cm³/mol. The second-order valence-corrected chi connectivity index (χ2v) is 6.15. The van der Waals surface area contributed by atoms with E-state index in [4.69, 9.17) is 0 Å². The van der Waals surface area contributed by atoms with E-state index in [0.717, 1.165) is 13.1 Å². The SMILES string of the molecule is Cc1c(C2CCNCC2)[nH]c2ccc(C(C)C)cc12. The Morgan fingerprint density at radius 3 is 2.58 bits per heavy atom. The van der Waals surface area contributed by atoms with Gasteiger partial charge in [-0.1, -0.05) is 19.9 Å². The van der Waals surface area contributed by atoms with Crippen LogP contribution in [0.1, 0.15) is 55.3 Å². The molecule has 1 aromatic heterocycles. The quantitative estimate of drug-likeness (QED) is 0.833. The van der Waals surface area contributed by atoms with Crippen LogP contribution in [0.4, 0.5) is 0 Å². The van der Waals surface area contributed by atoms with Gasteiger partial charge in [0.15, 0.2) is 0 Å². The largest absolute Gasteiger partial charge is 0.358 e. The summed E-state index contributed by atoms with van der Waals surface area (Å²) < 4.78 is 0. The molecular formula is C17H24N2. The number of piperidine rings is 1. The normalized spacial score (nSPS) is 17.5. The highest BCUT2D eigenvalue weighted by molar-refractivity contribution is 5.85. The van der Waals surface area contributed by atoms with Gasteiger partial charge in [-0.2, -0.15) is 0 Å². The molecule has 1 fully saturated rings.